The minimum absolute atomic E-state index is 0.00469. The van der Waals surface area contributed by atoms with Crippen LogP contribution in [-0.2, 0) is 10.9 Å². The zero-order valence-electron chi connectivity index (χ0n) is 13.7. The Morgan fingerprint density at radius 2 is 2.17 bits per heavy atom. The van der Waals surface area contributed by atoms with E-state index < -0.39 is 11.9 Å². The van der Waals surface area contributed by atoms with Crippen molar-refractivity contribution in [3.63, 3.8) is 0 Å². The molecule has 2 aliphatic rings. The van der Waals surface area contributed by atoms with Gasteiger partial charge in [0.15, 0.2) is 5.69 Å². The quantitative estimate of drug-likeness (QED) is 0.893. The summed E-state index contributed by atoms with van der Waals surface area (Å²) in [5.74, 6) is 0.343. The van der Waals surface area contributed by atoms with Crippen LogP contribution in [0.3, 0.4) is 0 Å². The number of aliphatic hydroxyl groups excluding tert-OH is 1. The number of rotatable bonds is 3. The average Bonchev–Trinajstić information content (AvgIpc) is 2.93. The first-order valence-electron chi connectivity index (χ1n) is 7.82. The van der Waals surface area contributed by atoms with Crippen LogP contribution < -0.4 is 9.80 Å². The molecule has 2 fully saturated rings. The normalized spacial score (nSPS) is 27.2. The maximum Gasteiger partial charge on any atom is 0.433 e. The SMILES string of the molecule is CN(C)c1nc(N2C[C@@H]3COCC[C@]3(CO)C2)cc(C(F)(F)F)n1. The van der Waals surface area contributed by atoms with Crippen LogP contribution in [0.25, 0.3) is 0 Å². The summed E-state index contributed by atoms with van der Waals surface area (Å²) in [6.07, 6.45) is -3.84. The third-order valence-corrected chi connectivity index (χ3v) is 4.91. The minimum Gasteiger partial charge on any atom is -0.396 e. The zero-order chi connectivity index (χ0) is 17.5. The number of aliphatic hydroxyl groups is 1. The van der Waals surface area contributed by atoms with Gasteiger partial charge < -0.3 is 19.6 Å². The van der Waals surface area contributed by atoms with Crippen LogP contribution in [0.2, 0.25) is 0 Å². The van der Waals surface area contributed by atoms with Crippen molar-refractivity contribution in [3.05, 3.63) is 11.8 Å². The lowest BCUT2D eigenvalue weighted by Gasteiger charge is -2.36. The van der Waals surface area contributed by atoms with Gasteiger partial charge in [0.05, 0.1) is 13.2 Å². The number of halogens is 3. The van der Waals surface area contributed by atoms with Crippen molar-refractivity contribution in [2.45, 2.75) is 12.6 Å². The Labute approximate surface area is 138 Å². The second-order valence-corrected chi connectivity index (χ2v) is 6.73. The molecule has 0 aromatic carbocycles. The van der Waals surface area contributed by atoms with E-state index in [0.29, 0.717) is 32.7 Å². The number of alkyl halides is 3. The maximum atomic E-state index is 13.1. The lowest BCUT2D eigenvalue weighted by atomic mass is 9.75. The molecule has 0 unspecified atom stereocenters. The van der Waals surface area contributed by atoms with E-state index >= 15 is 0 Å². The molecule has 3 rings (SSSR count). The van der Waals surface area contributed by atoms with E-state index in [0.717, 1.165) is 6.07 Å². The second kappa shape index (κ2) is 6.03. The highest BCUT2D eigenvalue weighted by Gasteiger charge is 2.48. The Bertz CT molecular complexity index is 611. The van der Waals surface area contributed by atoms with Crippen LogP contribution in [0, 0.1) is 11.3 Å². The molecule has 9 heteroatoms. The second-order valence-electron chi connectivity index (χ2n) is 6.73. The topological polar surface area (TPSA) is 61.7 Å². The highest BCUT2D eigenvalue weighted by Crippen LogP contribution is 2.43. The van der Waals surface area contributed by atoms with Gasteiger partial charge in [-0.3, -0.25) is 0 Å². The van der Waals surface area contributed by atoms with Gasteiger partial charge in [-0.15, -0.1) is 0 Å². The van der Waals surface area contributed by atoms with E-state index in [-0.39, 0.29) is 29.7 Å². The zero-order valence-corrected chi connectivity index (χ0v) is 13.7. The lowest BCUT2D eigenvalue weighted by molar-refractivity contribution is -0.141. The first-order chi connectivity index (χ1) is 11.2. The molecular weight excluding hydrogens is 325 g/mol. The average molecular weight is 346 g/mol. The Kier molecular flexibility index (Phi) is 4.33. The molecule has 0 saturated carbocycles. The van der Waals surface area contributed by atoms with Crippen molar-refractivity contribution < 1.29 is 23.0 Å². The summed E-state index contributed by atoms with van der Waals surface area (Å²) in [5.41, 5.74) is -1.29. The van der Waals surface area contributed by atoms with Crippen molar-refractivity contribution in [1.82, 2.24) is 9.97 Å². The molecule has 2 aliphatic heterocycles. The van der Waals surface area contributed by atoms with Gasteiger partial charge >= 0.3 is 6.18 Å². The molecule has 2 saturated heterocycles. The smallest absolute Gasteiger partial charge is 0.396 e. The number of fused-ring (bicyclic) bond motifs is 1. The summed E-state index contributed by atoms with van der Waals surface area (Å²) in [5, 5.41) is 9.84. The molecular formula is C15H21F3N4O2. The van der Waals surface area contributed by atoms with Gasteiger partial charge in [-0.05, 0) is 6.42 Å². The number of anilines is 2. The summed E-state index contributed by atoms with van der Waals surface area (Å²) in [6, 6.07) is 0.982. The van der Waals surface area contributed by atoms with Gasteiger partial charge in [-0.1, -0.05) is 0 Å². The van der Waals surface area contributed by atoms with E-state index in [1.54, 1.807) is 19.0 Å². The van der Waals surface area contributed by atoms with Gasteiger partial charge in [0.2, 0.25) is 5.95 Å². The summed E-state index contributed by atoms with van der Waals surface area (Å²) < 4.78 is 44.9. The largest absolute Gasteiger partial charge is 0.433 e. The predicted molar refractivity (Wildman–Crippen MR) is 82.0 cm³/mol. The molecule has 0 spiro atoms. The summed E-state index contributed by atoms with van der Waals surface area (Å²) in [6.45, 7) is 2.05. The van der Waals surface area contributed by atoms with Gasteiger partial charge in [-0.2, -0.15) is 18.2 Å². The number of nitrogens with zero attached hydrogens (tertiary/aromatic N) is 4. The Balaban J connectivity index is 1.96. The fourth-order valence-corrected chi connectivity index (χ4v) is 3.41. The molecule has 2 atom stereocenters. The molecule has 6 nitrogen and oxygen atoms in total. The predicted octanol–water partition coefficient (Wildman–Crippen LogP) is 1.40. The van der Waals surface area contributed by atoms with Crippen LogP contribution >= 0.6 is 0 Å². The lowest BCUT2D eigenvalue weighted by Crippen LogP contribution is -2.41. The molecule has 0 radical (unpaired) electrons. The van der Waals surface area contributed by atoms with Crippen molar-refractivity contribution in [2.24, 2.45) is 11.3 Å². The van der Waals surface area contributed by atoms with Gasteiger partial charge in [0, 0.05) is 51.2 Å². The molecule has 0 amide bonds. The standard InChI is InChI=1S/C15H21F3N4O2/c1-21(2)13-19-11(15(16,17)18)5-12(20-13)22-6-10-7-24-4-3-14(10,8-22)9-23/h5,10,23H,3-4,6-9H2,1-2H3/t10-,14-/m1/s1. The highest BCUT2D eigenvalue weighted by molar-refractivity contribution is 5.48. The third kappa shape index (κ3) is 3.02. The fraction of sp³-hybridized carbons (Fsp3) is 0.733. The van der Waals surface area contributed by atoms with Gasteiger partial charge in [0.1, 0.15) is 5.82 Å². The molecule has 0 bridgehead atoms. The third-order valence-electron chi connectivity index (χ3n) is 4.91. The van der Waals surface area contributed by atoms with Crippen LogP contribution in [0.4, 0.5) is 24.9 Å². The molecule has 1 aromatic rings. The summed E-state index contributed by atoms with van der Waals surface area (Å²) in [4.78, 5) is 11.1. The van der Waals surface area contributed by atoms with Gasteiger partial charge in [-0.25, -0.2) is 4.98 Å². The van der Waals surface area contributed by atoms with E-state index in [1.165, 1.54) is 4.90 Å². The van der Waals surface area contributed by atoms with Crippen molar-refractivity contribution in [1.29, 1.82) is 0 Å². The number of aromatic nitrogens is 2. The molecule has 3 heterocycles. The first-order valence-corrected chi connectivity index (χ1v) is 7.82. The van der Waals surface area contributed by atoms with Gasteiger partial charge in [0.25, 0.3) is 0 Å². The number of ether oxygens (including phenoxy) is 1. The van der Waals surface area contributed by atoms with E-state index in [1.807, 2.05) is 0 Å². The minimum atomic E-state index is -4.54. The monoisotopic (exact) mass is 346 g/mol. The van der Waals surface area contributed by atoms with Crippen LogP contribution in [-0.4, -0.2) is 62.1 Å². The van der Waals surface area contributed by atoms with E-state index in [9.17, 15) is 18.3 Å². The van der Waals surface area contributed by atoms with Crippen LogP contribution in [0.5, 0.6) is 0 Å². The summed E-state index contributed by atoms with van der Waals surface area (Å²) in [7, 11) is 3.21. The number of hydrogen-bond acceptors (Lipinski definition) is 6. The Morgan fingerprint density at radius 3 is 2.75 bits per heavy atom. The van der Waals surface area contributed by atoms with Crippen molar-refractivity contribution >= 4 is 11.8 Å². The van der Waals surface area contributed by atoms with Crippen LogP contribution in [0.15, 0.2) is 6.07 Å². The summed E-state index contributed by atoms with van der Waals surface area (Å²) >= 11 is 0. The van der Waals surface area contributed by atoms with Crippen molar-refractivity contribution in [3.8, 4) is 0 Å². The molecule has 1 N–H and O–H groups in total. The van der Waals surface area contributed by atoms with Crippen molar-refractivity contribution in [2.75, 3.05) is 56.8 Å². The molecule has 134 valence electrons. The maximum absolute atomic E-state index is 13.1. The Hall–Kier alpha value is -1.61. The Morgan fingerprint density at radius 1 is 1.42 bits per heavy atom. The van der Waals surface area contributed by atoms with Crippen LogP contribution in [0.1, 0.15) is 12.1 Å². The highest BCUT2D eigenvalue weighted by atomic mass is 19.4. The molecule has 0 aliphatic carbocycles. The fourth-order valence-electron chi connectivity index (χ4n) is 3.41. The molecule has 24 heavy (non-hydrogen) atoms. The van der Waals surface area contributed by atoms with E-state index in [2.05, 4.69) is 9.97 Å². The first kappa shape index (κ1) is 17.2. The van der Waals surface area contributed by atoms with E-state index in [4.69, 9.17) is 4.74 Å². The molecule has 1 aromatic heterocycles. The number of hydrogen-bond donors (Lipinski definition) is 1.